The topological polar surface area (TPSA) is 154 Å². The van der Waals surface area contributed by atoms with E-state index in [4.69, 9.17) is 9.47 Å². The van der Waals surface area contributed by atoms with E-state index in [9.17, 15) is 28.1 Å². The summed E-state index contributed by atoms with van der Waals surface area (Å²) in [4.78, 5) is 35.1. The summed E-state index contributed by atoms with van der Waals surface area (Å²) in [5.74, 6) is -1.49. The summed E-state index contributed by atoms with van der Waals surface area (Å²) in [5, 5.41) is 13.6. The molecule has 0 aromatic heterocycles. The average molecular weight is 514 g/mol. The Balaban J connectivity index is 1.62. The lowest BCUT2D eigenvalue weighted by Crippen LogP contribution is -2.24. The van der Waals surface area contributed by atoms with Crippen molar-refractivity contribution < 1.29 is 32.4 Å². The summed E-state index contributed by atoms with van der Waals surface area (Å²) < 4.78 is 37.9. The molecule has 3 rings (SSSR count). The predicted octanol–water partition coefficient (Wildman–Crippen LogP) is 3.27. The van der Waals surface area contributed by atoms with Gasteiger partial charge in [-0.05, 0) is 42.8 Å². The van der Waals surface area contributed by atoms with Crippen LogP contribution in [0.2, 0.25) is 0 Å². The molecular weight excluding hydrogens is 490 g/mol. The molecule has 1 amide bonds. The third kappa shape index (κ3) is 7.10. The van der Waals surface area contributed by atoms with Crippen LogP contribution < -0.4 is 14.8 Å². The van der Waals surface area contributed by atoms with Gasteiger partial charge in [-0.25, -0.2) is 17.9 Å². The van der Waals surface area contributed by atoms with Gasteiger partial charge in [-0.2, -0.15) is 0 Å². The van der Waals surface area contributed by atoms with Gasteiger partial charge in [0.15, 0.2) is 6.61 Å². The molecule has 11 nitrogen and oxygen atoms in total. The number of anilines is 1. The molecule has 0 atom stereocenters. The molecule has 36 heavy (non-hydrogen) atoms. The number of rotatable bonds is 11. The Morgan fingerprint density at radius 3 is 2.44 bits per heavy atom. The number of nitrogens with zero attached hydrogens (tertiary/aromatic N) is 1. The van der Waals surface area contributed by atoms with Crippen LogP contribution in [0.1, 0.15) is 22.8 Å². The number of nitro benzene ring substituents is 1. The third-order valence-electron chi connectivity index (χ3n) is 4.77. The number of hydrogen-bond acceptors (Lipinski definition) is 8. The first-order valence-electron chi connectivity index (χ1n) is 10.7. The number of amides is 1. The van der Waals surface area contributed by atoms with Gasteiger partial charge in [0, 0.05) is 6.54 Å². The lowest BCUT2D eigenvalue weighted by atomic mass is 10.2. The summed E-state index contributed by atoms with van der Waals surface area (Å²) in [6.07, 6.45) is 0. The largest absolute Gasteiger partial charge is 0.494 e. The van der Waals surface area contributed by atoms with E-state index in [1.807, 2.05) is 6.07 Å². The molecule has 3 aromatic carbocycles. The van der Waals surface area contributed by atoms with Crippen molar-refractivity contribution in [2.45, 2.75) is 18.4 Å². The first kappa shape index (κ1) is 26.3. The number of nitro groups is 1. The van der Waals surface area contributed by atoms with Crippen LogP contribution in [0, 0.1) is 10.1 Å². The van der Waals surface area contributed by atoms with Gasteiger partial charge in [-0.3, -0.25) is 14.9 Å². The molecule has 0 aliphatic rings. The molecule has 3 aromatic rings. The summed E-state index contributed by atoms with van der Waals surface area (Å²) in [6, 6.07) is 18.0. The maximum Gasteiger partial charge on any atom is 0.338 e. The zero-order valence-electron chi connectivity index (χ0n) is 19.2. The molecule has 2 N–H and O–H groups in total. The third-order valence-corrected chi connectivity index (χ3v) is 6.17. The first-order chi connectivity index (χ1) is 17.2. The SMILES string of the molecule is CCOc1ccc(NC(=O)COC(=O)c2cccc(S(=O)(=O)NCc3ccccc3)c2)c([N+](=O)[O-])c1. The molecular formula is C24H23N3O8S. The molecule has 0 spiro atoms. The van der Waals surface area contributed by atoms with Crippen LogP contribution in [0.5, 0.6) is 5.75 Å². The van der Waals surface area contributed by atoms with Crippen LogP contribution in [0.15, 0.2) is 77.7 Å². The molecule has 0 radical (unpaired) electrons. The standard InChI is InChI=1S/C24H23N3O8S/c1-2-34-19-11-12-21(22(14-19)27(30)31)26-23(28)16-35-24(29)18-9-6-10-20(13-18)36(32,33)25-15-17-7-4-3-5-8-17/h3-14,25H,2,15-16H2,1H3,(H,26,28). The Morgan fingerprint density at radius 2 is 1.75 bits per heavy atom. The Morgan fingerprint density at radius 1 is 1.00 bits per heavy atom. The van der Waals surface area contributed by atoms with Crippen LogP contribution in [0.4, 0.5) is 11.4 Å². The fourth-order valence-corrected chi connectivity index (χ4v) is 4.14. The number of nitrogens with one attached hydrogen (secondary N) is 2. The van der Waals surface area contributed by atoms with Crippen LogP contribution in [0.25, 0.3) is 0 Å². The fraction of sp³-hybridized carbons (Fsp3) is 0.167. The minimum Gasteiger partial charge on any atom is -0.494 e. The van der Waals surface area contributed by atoms with Gasteiger partial charge in [0.05, 0.1) is 28.1 Å². The number of sulfonamides is 1. The lowest BCUT2D eigenvalue weighted by Gasteiger charge is -2.10. The lowest BCUT2D eigenvalue weighted by molar-refractivity contribution is -0.384. The summed E-state index contributed by atoms with van der Waals surface area (Å²) in [5.41, 5.74) is 0.191. The van der Waals surface area contributed by atoms with Crippen molar-refractivity contribution in [3.05, 3.63) is 94.0 Å². The summed E-state index contributed by atoms with van der Waals surface area (Å²) in [6.45, 7) is 1.36. The van der Waals surface area contributed by atoms with Gasteiger partial charge in [0.1, 0.15) is 11.4 Å². The van der Waals surface area contributed by atoms with Gasteiger partial charge in [0.25, 0.3) is 11.6 Å². The van der Waals surface area contributed by atoms with Crippen molar-refractivity contribution in [2.75, 3.05) is 18.5 Å². The molecule has 0 fully saturated rings. The minimum absolute atomic E-state index is 0.0652. The average Bonchev–Trinajstić information content (AvgIpc) is 2.87. The number of esters is 1. The Bertz CT molecular complexity index is 1360. The van der Waals surface area contributed by atoms with Gasteiger partial charge in [0.2, 0.25) is 10.0 Å². The van der Waals surface area contributed by atoms with E-state index in [0.29, 0.717) is 6.61 Å². The predicted molar refractivity (Wildman–Crippen MR) is 130 cm³/mol. The highest BCUT2D eigenvalue weighted by Gasteiger charge is 2.20. The molecule has 0 aliphatic heterocycles. The van der Waals surface area contributed by atoms with Crippen LogP contribution in [0.3, 0.4) is 0 Å². The van der Waals surface area contributed by atoms with Crippen molar-refractivity contribution >= 4 is 33.3 Å². The second-order valence-electron chi connectivity index (χ2n) is 7.33. The molecule has 0 saturated carbocycles. The number of ether oxygens (including phenoxy) is 2. The van der Waals surface area contributed by atoms with Crippen molar-refractivity contribution in [2.24, 2.45) is 0 Å². The Hall–Kier alpha value is -4.29. The van der Waals surface area contributed by atoms with E-state index in [2.05, 4.69) is 10.0 Å². The number of carbonyl (C=O) groups is 2. The van der Waals surface area contributed by atoms with Gasteiger partial charge in [-0.1, -0.05) is 36.4 Å². The van der Waals surface area contributed by atoms with Crippen molar-refractivity contribution in [3.63, 3.8) is 0 Å². The van der Waals surface area contributed by atoms with E-state index in [1.165, 1.54) is 36.4 Å². The quantitative estimate of drug-likeness (QED) is 0.225. The van der Waals surface area contributed by atoms with Crippen molar-refractivity contribution in [1.29, 1.82) is 0 Å². The zero-order chi connectivity index (χ0) is 26.1. The first-order valence-corrected chi connectivity index (χ1v) is 12.2. The maximum atomic E-state index is 12.6. The molecule has 188 valence electrons. The summed E-state index contributed by atoms with van der Waals surface area (Å²) >= 11 is 0. The van der Waals surface area contributed by atoms with Crippen LogP contribution >= 0.6 is 0 Å². The van der Waals surface area contributed by atoms with E-state index >= 15 is 0 Å². The van der Waals surface area contributed by atoms with E-state index in [0.717, 1.165) is 11.6 Å². The van der Waals surface area contributed by atoms with E-state index in [1.54, 1.807) is 31.2 Å². The van der Waals surface area contributed by atoms with Crippen molar-refractivity contribution in [1.82, 2.24) is 4.72 Å². The monoisotopic (exact) mass is 513 g/mol. The van der Waals surface area contributed by atoms with Crippen LogP contribution in [-0.4, -0.2) is 38.4 Å². The zero-order valence-corrected chi connectivity index (χ0v) is 20.0. The highest BCUT2D eigenvalue weighted by atomic mass is 32.2. The fourth-order valence-electron chi connectivity index (χ4n) is 3.07. The number of carbonyl (C=O) groups excluding carboxylic acids is 2. The Labute approximate surface area is 207 Å². The highest BCUT2D eigenvalue weighted by molar-refractivity contribution is 7.89. The molecule has 0 saturated heterocycles. The minimum atomic E-state index is -3.92. The second kappa shape index (κ2) is 11.9. The second-order valence-corrected chi connectivity index (χ2v) is 9.10. The molecule has 0 aliphatic carbocycles. The van der Waals surface area contributed by atoms with E-state index in [-0.39, 0.29) is 34.1 Å². The van der Waals surface area contributed by atoms with Gasteiger partial charge < -0.3 is 14.8 Å². The molecule has 12 heteroatoms. The highest BCUT2D eigenvalue weighted by Crippen LogP contribution is 2.29. The maximum absolute atomic E-state index is 12.6. The molecule has 0 bridgehead atoms. The smallest absolute Gasteiger partial charge is 0.338 e. The van der Waals surface area contributed by atoms with Crippen LogP contribution in [-0.2, 0) is 26.1 Å². The normalized spacial score (nSPS) is 10.9. The number of benzene rings is 3. The van der Waals surface area contributed by atoms with Crippen molar-refractivity contribution in [3.8, 4) is 5.75 Å². The van der Waals surface area contributed by atoms with Gasteiger partial charge in [-0.15, -0.1) is 0 Å². The number of hydrogen-bond donors (Lipinski definition) is 2. The molecule has 0 unspecified atom stereocenters. The van der Waals surface area contributed by atoms with E-state index < -0.39 is 33.4 Å². The Kier molecular flexibility index (Phi) is 8.71. The van der Waals surface area contributed by atoms with Gasteiger partial charge >= 0.3 is 5.97 Å². The molecule has 0 heterocycles. The summed E-state index contributed by atoms with van der Waals surface area (Å²) in [7, 11) is -3.92.